The molecule has 28 heavy (non-hydrogen) atoms. The first-order valence-corrected chi connectivity index (χ1v) is 9.13. The lowest BCUT2D eigenvalue weighted by atomic mass is 9.98. The quantitative estimate of drug-likeness (QED) is 0.617. The van der Waals surface area contributed by atoms with E-state index in [4.69, 9.17) is 4.74 Å². The average Bonchev–Trinajstić information content (AvgIpc) is 3.21. The van der Waals surface area contributed by atoms with Crippen molar-refractivity contribution in [2.24, 2.45) is 0 Å². The highest BCUT2D eigenvalue weighted by Crippen LogP contribution is 2.28. The largest absolute Gasteiger partial charge is 0.452 e. The standard InChI is InChI=1S/C22H20N2O4/c23-15-22(12-6-7-13-22)24-19(25)14-28-21(27)18-11-5-4-10-17(18)20(26)16-8-2-1-3-9-16/h1-5,8-11H,6-7,12-14H2,(H,24,25). The third kappa shape index (κ3) is 4.26. The van der Waals surface area contributed by atoms with Crippen molar-refractivity contribution >= 4 is 17.7 Å². The Labute approximate surface area is 163 Å². The number of nitrogens with one attached hydrogen (secondary N) is 1. The van der Waals surface area contributed by atoms with Crippen LogP contribution in [0.3, 0.4) is 0 Å². The molecule has 1 amide bonds. The molecule has 1 N–H and O–H groups in total. The third-order valence-corrected chi connectivity index (χ3v) is 4.81. The molecule has 3 rings (SSSR count). The van der Waals surface area contributed by atoms with Crippen molar-refractivity contribution in [1.29, 1.82) is 5.26 Å². The molecule has 1 saturated carbocycles. The molecule has 0 atom stereocenters. The van der Waals surface area contributed by atoms with Gasteiger partial charge in [0.25, 0.3) is 5.91 Å². The van der Waals surface area contributed by atoms with Crippen LogP contribution in [0.2, 0.25) is 0 Å². The number of carbonyl (C=O) groups is 3. The molecule has 2 aromatic carbocycles. The van der Waals surface area contributed by atoms with E-state index in [-0.39, 0.29) is 16.9 Å². The van der Waals surface area contributed by atoms with E-state index in [1.165, 1.54) is 6.07 Å². The molecule has 0 unspecified atom stereocenters. The molecule has 0 radical (unpaired) electrons. The second kappa shape index (κ2) is 8.49. The summed E-state index contributed by atoms with van der Waals surface area (Å²) in [6, 6.07) is 17.1. The van der Waals surface area contributed by atoms with Crippen molar-refractivity contribution in [3.63, 3.8) is 0 Å². The van der Waals surface area contributed by atoms with Crippen molar-refractivity contribution in [2.45, 2.75) is 31.2 Å². The summed E-state index contributed by atoms with van der Waals surface area (Å²) in [6.45, 7) is -0.504. The smallest absolute Gasteiger partial charge is 0.339 e. The Bertz CT molecular complexity index is 925. The van der Waals surface area contributed by atoms with Gasteiger partial charge in [-0.2, -0.15) is 5.26 Å². The summed E-state index contributed by atoms with van der Waals surface area (Å²) >= 11 is 0. The number of nitriles is 1. The summed E-state index contributed by atoms with van der Waals surface area (Å²) in [5.41, 5.74) is -0.105. The molecule has 0 saturated heterocycles. The van der Waals surface area contributed by atoms with Gasteiger partial charge in [-0.25, -0.2) is 4.79 Å². The Balaban J connectivity index is 1.67. The first-order chi connectivity index (χ1) is 13.5. The number of esters is 1. The van der Waals surface area contributed by atoms with Crippen molar-refractivity contribution in [3.8, 4) is 6.07 Å². The molecule has 6 heteroatoms. The summed E-state index contributed by atoms with van der Waals surface area (Å²) in [4.78, 5) is 37.3. The van der Waals surface area contributed by atoms with Gasteiger partial charge in [-0.3, -0.25) is 9.59 Å². The van der Waals surface area contributed by atoms with E-state index >= 15 is 0 Å². The monoisotopic (exact) mass is 376 g/mol. The molecule has 1 fully saturated rings. The van der Waals surface area contributed by atoms with Crippen LogP contribution >= 0.6 is 0 Å². The van der Waals surface area contributed by atoms with E-state index in [9.17, 15) is 19.6 Å². The van der Waals surface area contributed by atoms with Gasteiger partial charge in [0.1, 0.15) is 5.54 Å². The normalized spacial score (nSPS) is 14.7. The number of amides is 1. The van der Waals surface area contributed by atoms with E-state index in [1.54, 1.807) is 48.5 Å². The van der Waals surface area contributed by atoms with Crippen LogP contribution in [0.25, 0.3) is 0 Å². The maximum absolute atomic E-state index is 12.7. The van der Waals surface area contributed by atoms with E-state index in [1.807, 2.05) is 0 Å². The Morgan fingerprint density at radius 1 is 0.964 bits per heavy atom. The lowest BCUT2D eigenvalue weighted by molar-refractivity contribution is -0.125. The van der Waals surface area contributed by atoms with E-state index in [0.717, 1.165) is 12.8 Å². The number of ether oxygens (including phenoxy) is 1. The zero-order chi connectivity index (χ0) is 20.0. The van der Waals surface area contributed by atoms with Gasteiger partial charge in [-0.1, -0.05) is 48.5 Å². The van der Waals surface area contributed by atoms with Gasteiger partial charge in [0, 0.05) is 11.1 Å². The van der Waals surface area contributed by atoms with E-state index in [0.29, 0.717) is 18.4 Å². The number of rotatable bonds is 6. The molecule has 0 heterocycles. The van der Waals surface area contributed by atoms with Crippen LogP contribution in [0.4, 0.5) is 0 Å². The summed E-state index contributed by atoms with van der Waals surface area (Å²) < 4.78 is 5.10. The molecule has 0 spiro atoms. The summed E-state index contributed by atoms with van der Waals surface area (Å²) in [5.74, 6) is -1.58. The number of nitrogens with zero attached hydrogens (tertiary/aromatic N) is 1. The van der Waals surface area contributed by atoms with Crippen LogP contribution in [0.5, 0.6) is 0 Å². The number of carbonyl (C=O) groups excluding carboxylic acids is 3. The van der Waals surface area contributed by atoms with Gasteiger partial charge in [0.05, 0.1) is 11.6 Å². The molecular weight excluding hydrogens is 356 g/mol. The summed E-state index contributed by atoms with van der Waals surface area (Å²) in [5, 5.41) is 12.0. The third-order valence-electron chi connectivity index (χ3n) is 4.81. The highest BCUT2D eigenvalue weighted by molar-refractivity contribution is 6.14. The van der Waals surface area contributed by atoms with Gasteiger partial charge in [-0.15, -0.1) is 0 Å². The van der Waals surface area contributed by atoms with Crippen LogP contribution < -0.4 is 5.32 Å². The predicted molar refractivity (Wildman–Crippen MR) is 102 cm³/mol. The van der Waals surface area contributed by atoms with E-state index in [2.05, 4.69) is 11.4 Å². The van der Waals surface area contributed by atoms with Crippen molar-refractivity contribution in [1.82, 2.24) is 5.32 Å². The van der Waals surface area contributed by atoms with Gasteiger partial charge >= 0.3 is 5.97 Å². The van der Waals surface area contributed by atoms with Gasteiger partial charge in [0.15, 0.2) is 12.4 Å². The Hall–Kier alpha value is -3.46. The first kappa shape index (κ1) is 19.3. The Kier molecular flexibility index (Phi) is 5.85. The SMILES string of the molecule is N#CC1(NC(=O)COC(=O)c2ccccc2C(=O)c2ccccc2)CCCC1. The number of hydrogen-bond acceptors (Lipinski definition) is 5. The molecule has 142 valence electrons. The molecule has 2 aromatic rings. The van der Waals surface area contributed by atoms with E-state index < -0.39 is 24.0 Å². The average molecular weight is 376 g/mol. The minimum Gasteiger partial charge on any atom is -0.452 e. The van der Waals surface area contributed by atoms with Crippen LogP contribution in [0, 0.1) is 11.3 Å². The van der Waals surface area contributed by atoms with Crippen molar-refractivity contribution < 1.29 is 19.1 Å². The van der Waals surface area contributed by atoms with Crippen molar-refractivity contribution in [2.75, 3.05) is 6.61 Å². The number of hydrogen-bond donors (Lipinski definition) is 1. The molecule has 1 aliphatic rings. The number of ketones is 1. The van der Waals surface area contributed by atoms with Gasteiger partial charge < -0.3 is 10.1 Å². The lowest BCUT2D eigenvalue weighted by Gasteiger charge is -2.21. The zero-order valence-corrected chi connectivity index (χ0v) is 15.3. The molecule has 6 nitrogen and oxygen atoms in total. The molecule has 1 aliphatic carbocycles. The fourth-order valence-electron chi connectivity index (χ4n) is 3.36. The maximum atomic E-state index is 12.7. The summed E-state index contributed by atoms with van der Waals surface area (Å²) in [6.07, 6.45) is 2.94. The van der Waals surface area contributed by atoms with Gasteiger partial charge in [-0.05, 0) is 31.7 Å². The number of benzene rings is 2. The van der Waals surface area contributed by atoms with Crippen molar-refractivity contribution in [3.05, 3.63) is 71.3 Å². The van der Waals surface area contributed by atoms with Crippen LogP contribution in [-0.4, -0.2) is 29.8 Å². The van der Waals surface area contributed by atoms with Crippen LogP contribution in [-0.2, 0) is 9.53 Å². The fraction of sp³-hybridized carbons (Fsp3) is 0.273. The molecule has 0 bridgehead atoms. The maximum Gasteiger partial charge on any atom is 0.339 e. The highest BCUT2D eigenvalue weighted by atomic mass is 16.5. The molecular formula is C22H20N2O4. The topological polar surface area (TPSA) is 96.3 Å². The van der Waals surface area contributed by atoms with Crippen LogP contribution in [0.1, 0.15) is 52.0 Å². The minimum atomic E-state index is -0.870. The Morgan fingerprint density at radius 3 is 2.21 bits per heavy atom. The predicted octanol–water partition coefficient (Wildman–Crippen LogP) is 3.03. The van der Waals surface area contributed by atoms with Crippen LogP contribution in [0.15, 0.2) is 54.6 Å². The zero-order valence-electron chi connectivity index (χ0n) is 15.3. The second-order valence-corrected chi connectivity index (χ2v) is 6.77. The Morgan fingerprint density at radius 2 is 1.57 bits per heavy atom. The molecule has 0 aromatic heterocycles. The second-order valence-electron chi connectivity index (χ2n) is 6.77. The first-order valence-electron chi connectivity index (χ1n) is 9.13. The lowest BCUT2D eigenvalue weighted by Crippen LogP contribution is -2.46. The highest BCUT2D eigenvalue weighted by Gasteiger charge is 2.35. The minimum absolute atomic E-state index is 0.0972. The molecule has 0 aliphatic heterocycles. The fourth-order valence-corrected chi connectivity index (χ4v) is 3.36. The summed E-state index contributed by atoms with van der Waals surface area (Å²) in [7, 11) is 0. The van der Waals surface area contributed by atoms with Gasteiger partial charge in [0.2, 0.25) is 0 Å².